The van der Waals surface area contributed by atoms with Gasteiger partial charge in [-0.15, -0.1) is 0 Å². The van der Waals surface area contributed by atoms with Crippen molar-refractivity contribution in [2.24, 2.45) is 0 Å². The van der Waals surface area contributed by atoms with Crippen LogP contribution in [0.25, 0.3) is 5.57 Å². The normalized spacial score (nSPS) is 13.7. The van der Waals surface area contributed by atoms with E-state index in [2.05, 4.69) is 26.0 Å². The van der Waals surface area contributed by atoms with Crippen molar-refractivity contribution in [3.63, 3.8) is 0 Å². The van der Waals surface area contributed by atoms with Gasteiger partial charge < -0.3 is 5.11 Å². The van der Waals surface area contributed by atoms with Crippen molar-refractivity contribution in [3.8, 4) is 0 Å². The van der Waals surface area contributed by atoms with E-state index < -0.39 is 0 Å². The lowest BCUT2D eigenvalue weighted by atomic mass is 10.0. The second-order valence-electron chi connectivity index (χ2n) is 4.63. The number of rotatable bonds is 7. The van der Waals surface area contributed by atoms with E-state index >= 15 is 0 Å². The predicted octanol–water partition coefficient (Wildman–Crippen LogP) is 4.42. The molecule has 0 saturated carbocycles. The van der Waals surface area contributed by atoms with Gasteiger partial charge in [0.15, 0.2) is 0 Å². The van der Waals surface area contributed by atoms with Gasteiger partial charge in [0.25, 0.3) is 0 Å². The molecule has 0 radical (unpaired) electrons. The fraction of sp³-hybridized carbons (Fsp3) is 0.500. The van der Waals surface area contributed by atoms with Crippen LogP contribution in [0.4, 0.5) is 0 Å². The molecule has 94 valence electrons. The van der Waals surface area contributed by atoms with Crippen LogP contribution in [0.15, 0.2) is 36.4 Å². The molecule has 1 atom stereocenters. The highest BCUT2D eigenvalue weighted by molar-refractivity contribution is 5.63. The van der Waals surface area contributed by atoms with Crippen LogP contribution in [-0.4, -0.2) is 11.2 Å². The van der Waals surface area contributed by atoms with Crippen LogP contribution in [0.2, 0.25) is 0 Å². The summed E-state index contributed by atoms with van der Waals surface area (Å²) in [6.07, 6.45) is 7.42. The minimum Gasteiger partial charge on any atom is -0.389 e. The van der Waals surface area contributed by atoms with Gasteiger partial charge in [-0.1, -0.05) is 69.0 Å². The molecule has 0 saturated heterocycles. The lowest BCUT2D eigenvalue weighted by Gasteiger charge is -2.08. The van der Waals surface area contributed by atoms with Gasteiger partial charge in [0, 0.05) is 0 Å². The maximum Gasteiger partial charge on any atom is 0.0726 e. The Morgan fingerprint density at radius 1 is 1.18 bits per heavy atom. The molecule has 0 aliphatic carbocycles. The van der Waals surface area contributed by atoms with Gasteiger partial charge in [-0.05, 0) is 24.5 Å². The summed E-state index contributed by atoms with van der Waals surface area (Å²) in [4.78, 5) is 0. The summed E-state index contributed by atoms with van der Waals surface area (Å²) in [6, 6.07) is 10.2. The van der Waals surface area contributed by atoms with Crippen LogP contribution in [0, 0.1) is 0 Å². The Kier molecular flexibility index (Phi) is 6.64. The Balaban J connectivity index is 2.40. The molecule has 0 aliphatic heterocycles. The van der Waals surface area contributed by atoms with E-state index in [0.717, 1.165) is 18.4 Å². The third kappa shape index (κ3) is 5.69. The molecule has 0 heterocycles. The van der Waals surface area contributed by atoms with Crippen molar-refractivity contribution in [2.45, 2.75) is 52.1 Å². The van der Waals surface area contributed by atoms with Crippen molar-refractivity contribution < 1.29 is 5.11 Å². The predicted molar refractivity (Wildman–Crippen MR) is 74.9 cm³/mol. The minimum atomic E-state index is -0.299. The quantitative estimate of drug-likeness (QED) is 0.690. The number of allylic oxidation sites excluding steroid dienone is 1. The lowest BCUT2D eigenvalue weighted by molar-refractivity contribution is 0.208. The molecule has 1 heteroatoms. The lowest BCUT2D eigenvalue weighted by Crippen LogP contribution is -2.02. The number of aliphatic hydroxyl groups excluding tert-OH is 1. The van der Waals surface area contributed by atoms with Gasteiger partial charge in [-0.25, -0.2) is 0 Å². The van der Waals surface area contributed by atoms with E-state index in [1.165, 1.54) is 24.8 Å². The molecule has 0 aromatic heterocycles. The highest BCUT2D eigenvalue weighted by Gasteiger charge is 2.02. The number of aliphatic hydroxyl groups is 1. The van der Waals surface area contributed by atoms with Crippen molar-refractivity contribution in [1.29, 1.82) is 0 Å². The molecule has 0 amide bonds. The first-order valence-corrected chi connectivity index (χ1v) is 6.66. The summed E-state index contributed by atoms with van der Waals surface area (Å²) in [5.74, 6) is 0. The summed E-state index contributed by atoms with van der Waals surface area (Å²) >= 11 is 0. The SMILES string of the molecule is CCCCCC[C@H](O)/C=C(/C)c1ccccc1. The third-order valence-electron chi connectivity index (χ3n) is 3.02. The van der Waals surface area contributed by atoms with Crippen molar-refractivity contribution in [1.82, 2.24) is 0 Å². The van der Waals surface area contributed by atoms with Crippen molar-refractivity contribution in [2.75, 3.05) is 0 Å². The Morgan fingerprint density at radius 2 is 1.88 bits per heavy atom. The van der Waals surface area contributed by atoms with Crippen LogP contribution in [-0.2, 0) is 0 Å². The summed E-state index contributed by atoms with van der Waals surface area (Å²) in [5, 5.41) is 9.90. The second kappa shape index (κ2) is 8.08. The van der Waals surface area contributed by atoms with Crippen LogP contribution in [0.1, 0.15) is 51.5 Å². The van der Waals surface area contributed by atoms with Crippen LogP contribution in [0.5, 0.6) is 0 Å². The zero-order chi connectivity index (χ0) is 12.5. The summed E-state index contributed by atoms with van der Waals surface area (Å²) in [7, 11) is 0. The van der Waals surface area contributed by atoms with E-state index in [1.807, 2.05) is 24.3 Å². The Hall–Kier alpha value is -1.08. The molecule has 1 nitrogen and oxygen atoms in total. The van der Waals surface area contributed by atoms with E-state index in [1.54, 1.807) is 0 Å². The number of benzene rings is 1. The largest absolute Gasteiger partial charge is 0.389 e. The third-order valence-corrected chi connectivity index (χ3v) is 3.02. The first-order chi connectivity index (χ1) is 8.24. The van der Waals surface area contributed by atoms with E-state index in [9.17, 15) is 5.11 Å². The van der Waals surface area contributed by atoms with Gasteiger partial charge in [0.05, 0.1) is 6.10 Å². The molecule has 1 aromatic carbocycles. The Morgan fingerprint density at radius 3 is 2.53 bits per heavy atom. The van der Waals surface area contributed by atoms with Crippen molar-refractivity contribution >= 4 is 5.57 Å². The van der Waals surface area contributed by atoms with Gasteiger partial charge in [0.2, 0.25) is 0 Å². The van der Waals surface area contributed by atoms with Crippen LogP contribution < -0.4 is 0 Å². The fourth-order valence-electron chi connectivity index (χ4n) is 1.95. The van der Waals surface area contributed by atoms with Gasteiger partial charge in [0.1, 0.15) is 0 Å². The molecule has 0 unspecified atom stereocenters. The van der Waals surface area contributed by atoms with Crippen LogP contribution in [0.3, 0.4) is 0 Å². The van der Waals surface area contributed by atoms with Gasteiger partial charge in [-0.2, -0.15) is 0 Å². The Bertz CT molecular complexity index is 327. The first kappa shape index (κ1) is 14.0. The molecular weight excluding hydrogens is 208 g/mol. The second-order valence-corrected chi connectivity index (χ2v) is 4.63. The summed E-state index contributed by atoms with van der Waals surface area (Å²) in [6.45, 7) is 4.26. The van der Waals surface area contributed by atoms with E-state index in [-0.39, 0.29) is 6.10 Å². The van der Waals surface area contributed by atoms with E-state index in [0.29, 0.717) is 0 Å². The van der Waals surface area contributed by atoms with Crippen LogP contribution >= 0.6 is 0 Å². The van der Waals surface area contributed by atoms with E-state index in [4.69, 9.17) is 0 Å². The molecular formula is C16H24O. The summed E-state index contributed by atoms with van der Waals surface area (Å²) < 4.78 is 0. The fourth-order valence-corrected chi connectivity index (χ4v) is 1.95. The molecule has 17 heavy (non-hydrogen) atoms. The number of hydrogen-bond donors (Lipinski definition) is 1. The maximum atomic E-state index is 9.90. The number of unbranched alkanes of at least 4 members (excludes halogenated alkanes) is 3. The first-order valence-electron chi connectivity index (χ1n) is 6.66. The highest BCUT2D eigenvalue weighted by atomic mass is 16.3. The molecule has 1 N–H and O–H groups in total. The standard InChI is InChI=1S/C16H24O/c1-3-4-5-9-12-16(17)13-14(2)15-10-7-6-8-11-15/h6-8,10-11,13,16-17H,3-5,9,12H2,1-2H3/b14-13-/t16-/m0/s1. The summed E-state index contributed by atoms with van der Waals surface area (Å²) in [5.41, 5.74) is 2.36. The smallest absolute Gasteiger partial charge is 0.0726 e. The maximum absolute atomic E-state index is 9.90. The molecule has 0 spiro atoms. The monoisotopic (exact) mass is 232 g/mol. The Labute approximate surface area is 105 Å². The topological polar surface area (TPSA) is 20.2 Å². The van der Waals surface area contributed by atoms with Gasteiger partial charge >= 0.3 is 0 Å². The zero-order valence-electron chi connectivity index (χ0n) is 11.0. The average Bonchev–Trinajstić information content (AvgIpc) is 2.36. The molecule has 0 bridgehead atoms. The molecule has 0 fully saturated rings. The molecule has 1 rings (SSSR count). The minimum absolute atomic E-state index is 0.299. The highest BCUT2D eigenvalue weighted by Crippen LogP contribution is 2.15. The average molecular weight is 232 g/mol. The number of hydrogen-bond acceptors (Lipinski definition) is 1. The molecule has 0 aliphatic rings. The van der Waals surface area contributed by atoms with Crippen molar-refractivity contribution in [3.05, 3.63) is 42.0 Å². The zero-order valence-corrected chi connectivity index (χ0v) is 11.0. The molecule has 1 aromatic rings. The van der Waals surface area contributed by atoms with Gasteiger partial charge in [-0.3, -0.25) is 0 Å².